The van der Waals surface area contributed by atoms with E-state index in [0.717, 1.165) is 0 Å². The fourth-order valence-corrected chi connectivity index (χ4v) is 2.40. The van der Waals surface area contributed by atoms with Crippen molar-refractivity contribution in [2.24, 2.45) is 10.2 Å². The summed E-state index contributed by atoms with van der Waals surface area (Å²) in [6.45, 7) is 3.44. The Morgan fingerprint density at radius 2 is 1.21 bits per heavy atom. The summed E-state index contributed by atoms with van der Waals surface area (Å²) >= 11 is 0. The van der Waals surface area contributed by atoms with Gasteiger partial charge in [-0.3, -0.25) is 9.59 Å². The molecule has 152 valence electrons. The molecule has 4 N–H and O–H groups in total. The van der Waals surface area contributed by atoms with Crippen molar-refractivity contribution in [2.45, 2.75) is 33.1 Å². The zero-order valence-corrected chi connectivity index (χ0v) is 16.3. The van der Waals surface area contributed by atoms with E-state index in [4.69, 9.17) is 0 Å². The molecule has 2 rings (SSSR count). The zero-order chi connectivity index (χ0) is 21.2. The van der Waals surface area contributed by atoms with Crippen LogP contribution in [0.1, 0.15) is 44.2 Å². The van der Waals surface area contributed by atoms with Crippen molar-refractivity contribution in [3.05, 3.63) is 59.7 Å². The number of nitrogens with one attached hydrogen (secondary N) is 2. The minimum absolute atomic E-state index is 0.122. The summed E-state index contributed by atoms with van der Waals surface area (Å²) in [6.07, 6.45) is 0.623. The van der Waals surface area contributed by atoms with Crippen molar-refractivity contribution < 1.29 is 19.8 Å². The third kappa shape index (κ3) is 7.45. The number of phenolic OH excluding ortho intramolecular Hbond substituents is 2. The molecule has 8 heteroatoms. The molecule has 0 radical (unpaired) electrons. The van der Waals surface area contributed by atoms with Gasteiger partial charge in [0.15, 0.2) is 0 Å². The number of benzene rings is 2. The third-order valence-electron chi connectivity index (χ3n) is 4.03. The summed E-state index contributed by atoms with van der Waals surface area (Å²) in [5.74, 6) is -0.374. The molecule has 0 fully saturated rings. The molecule has 0 unspecified atom stereocenters. The molecular weight excluding hydrogens is 372 g/mol. The predicted octanol–water partition coefficient (Wildman–Crippen LogP) is 2.65. The number of hydrazone groups is 2. The van der Waals surface area contributed by atoms with Gasteiger partial charge < -0.3 is 10.2 Å². The Bertz CT molecular complexity index is 862. The summed E-state index contributed by atoms with van der Waals surface area (Å²) in [7, 11) is 0. The van der Waals surface area contributed by atoms with Gasteiger partial charge in [-0.15, -0.1) is 0 Å². The molecule has 0 saturated carbocycles. The molecule has 0 saturated heterocycles. The van der Waals surface area contributed by atoms with E-state index < -0.39 is 0 Å². The average Bonchev–Trinajstić information content (AvgIpc) is 2.70. The lowest BCUT2D eigenvalue weighted by molar-refractivity contribution is -0.122. The molecule has 0 atom stereocenters. The van der Waals surface area contributed by atoms with Crippen molar-refractivity contribution in [2.75, 3.05) is 0 Å². The van der Waals surface area contributed by atoms with Gasteiger partial charge in [-0.1, -0.05) is 24.3 Å². The van der Waals surface area contributed by atoms with Crippen LogP contribution in [0.4, 0.5) is 0 Å². The van der Waals surface area contributed by atoms with Crippen LogP contribution in [0.25, 0.3) is 0 Å². The van der Waals surface area contributed by atoms with Crippen LogP contribution in [-0.4, -0.2) is 33.5 Å². The predicted molar refractivity (Wildman–Crippen MR) is 111 cm³/mol. The molecule has 29 heavy (non-hydrogen) atoms. The highest BCUT2D eigenvalue weighted by Crippen LogP contribution is 2.12. The largest absolute Gasteiger partial charge is 0.508 e. The summed E-state index contributed by atoms with van der Waals surface area (Å²) in [4.78, 5) is 23.7. The maximum atomic E-state index is 11.9. The molecule has 0 aliphatic heterocycles. The minimum Gasteiger partial charge on any atom is -0.508 e. The summed E-state index contributed by atoms with van der Waals surface area (Å²) in [5.41, 5.74) is 7.39. The molecule has 0 aliphatic rings. The fraction of sp³-hybridized carbons (Fsp3) is 0.238. The molecule has 8 nitrogen and oxygen atoms in total. The molecule has 0 spiro atoms. The van der Waals surface area contributed by atoms with E-state index >= 15 is 0 Å². The normalized spacial score (nSPS) is 11.8. The van der Waals surface area contributed by atoms with Gasteiger partial charge in [0.05, 0.1) is 11.4 Å². The number of nitrogens with zero attached hydrogens (tertiary/aromatic N) is 2. The van der Waals surface area contributed by atoms with Gasteiger partial charge in [0, 0.05) is 24.0 Å². The highest BCUT2D eigenvalue weighted by molar-refractivity contribution is 6.00. The van der Waals surface area contributed by atoms with E-state index in [0.29, 0.717) is 29.0 Å². The van der Waals surface area contributed by atoms with Crippen LogP contribution in [0.5, 0.6) is 11.5 Å². The highest BCUT2D eigenvalue weighted by Gasteiger charge is 2.06. The topological polar surface area (TPSA) is 123 Å². The van der Waals surface area contributed by atoms with Gasteiger partial charge in [0.2, 0.25) is 11.8 Å². The highest BCUT2D eigenvalue weighted by atomic mass is 16.3. The quantitative estimate of drug-likeness (QED) is 0.404. The first-order chi connectivity index (χ1) is 13.8. The minimum atomic E-state index is -0.309. The molecule has 0 aliphatic carbocycles. The van der Waals surface area contributed by atoms with Crippen LogP contribution in [0.2, 0.25) is 0 Å². The summed E-state index contributed by atoms with van der Waals surface area (Å²) in [6, 6.07) is 13.1. The molecule has 0 bridgehead atoms. The smallest absolute Gasteiger partial charge is 0.240 e. The first kappa shape index (κ1) is 21.6. The SMILES string of the molecule is CC(=NNC(=O)CCCC(=O)NN=C(C)c1cccc(O)c1)c1cccc(O)c1. The maximum Gasteiger partial charge on any atom is 0.240 e. The summed E-state index contributed by atoms with van der Waals surface area (Å²) in [5, 5.41) is 26.9. The standard InChI is InChI=1S/C21H24N4O4/c1-14(16-6-3-8-18(26)12-16)22-24-20(28)10-5-11-21(29)25-23-15(2)17-7-4-9-19(27)13-17/h3-4,6-9,12-13,26-27H,5,10-11H2,1-2H3,(H,24,28)(H,25,29). The van der Waals surface area contributed by atoms with E-state index in [9.17, 15) is 19.8 Å². The lowest BCUT2D eigenvalue weighted by Gasteiger charge is -2.04. The van der Waals surface area contributed by atoms with E-state index in [1.807, 2.05) is 0 Å². The van der Waals surface area contributed by atoms with Crippen molar-refractivity contribution in [1.82, 2.24) is 10.9 Å². The van der Waals surface area contributed by atoms with Gasteiger partial charge in [-0.05, 0) is 44.5 Å². The Labute approximate surface area is 169 Å². The first-order valence-corrected chi connectivity index (χ1v) is 9.10. The molecule has 2 amide bonds. The number of phenols is 2. The maximum absolute atomic E-state index is 11.9. The van der Waals surface area contributed by atoms with Gasteiger partial charge in [-0.2, -0.15) is 10.2 Å². The Hall–Kier alpha value is -3.68. The van der Waals surface area contributed by atoms with Crippen molar-refractivity contribution in [3.8, 4) is 11.5 Å². The van der Waals surface area contributed by atoms with Crippen LogP contribution in [0, 0.1) is 0 Å². The van der Waals surface area contributed by atoms with E-state index in [-0.39, 0.29) is 36.2 Å². The number of amides is 2. The first-order valence-electron chi connectivity index (χ1n) is 9.10. The van der Waals surface area contributed by atoms with Crippen molar-refractivity contribution in [3.63, 3.8) is 0 Å². The van der Waals surface area contributed by atoms with Crippen LogP contribution < -0.4 is 10.9 Å². The second-order valence-corrected chi connectivity index (χ2v) is 6.42. The summed E-state index contributed by atoms with van der Waals surface area (Å²) < 4.78 is 0. The van der Waals surface area contributed by atoms with Gasteiger partial charge >= 0.3 is 0 Å². The second-order valence-electron chi connectivity index (χ2n) is 6.42. The van der Waals surface area contributed by atoms with Crippen LogP contribution in [0.3, 0.4) is 0 Å². The number of rotatable bonds is 8. The Morgan fingerprint density at radius 1 is 0.793 bits per heavy atom. The Balaban J connectivity index is 1.73. The molecule has 2 aromatic carbocycles. The van der Waals surface area contributed by atoms with E-state index in [1.54, 1.807) is 62.4 Å². The van der Waals surface area contributed by atoms with Crippen molar-refractivity contribution >= 4 is 23.2 Å². The van der Waals surface area contributed by atoms with E-state index in [2.05, 4.69) is 21.1 Å². The van der Waals surface area contributed by atoms with Gasteiger partial charge in [-0.25, -0.2) is 10.9 Å². The Kier molecular flexibility index (Phi) is 7.90. The number of hydrogen-bond acceptors (Lipinski definition) is 6. The Morgan fingerprint density at radius 3 is 1.59 bits per heavy atom. The molecular formula is C21H24N4O4. The zero-order valence-electron chi connectivity index (χ0n) is 16.3. The second kappa shape index (κ2) is 10.6. The fourth-order valence-electron chi connectivity index (χ4n) is 2.40. The van der Waals surface area contributed by atoms with Crippen LogP contribution in [-0.2, 0) is 9.59 Å². The number of carbonyl (C=O) groups excluding carboxylic acids is 2. The van der Waals surface area contributed by atoms with Crippen LogP contribution >= 0.6 is 0 Å². The van der Waals surface area contributed by atoms with E-state index in [1.165, 1.54) is 0 Å². The molecule has 0 aromatic heterocycles. The third-order valence-corrected chi connectivity index (χ3v) is 4.03. The number of aromatic hydroxyl groups is 2. The number of carbonyl (C=O) groups is 2. The molecule has 0 heterocycles. The molecule has 2 aromatic rings. The number of hydrogen-bond donors (Lipinski definition) is 4. The lowest BCUT2D eigenvalue weighted by Crippen LogP contribution is -2.21. The average molecular weight is 396 g/mol. The van der Waals surface area contributed by atoms with Gasteiger partial charge in [0.25, 0.3) is 0 Å². The monoisotopic (exact) mass is 396 g/mol. The van der Waals surface area contributed by atoms with Crippen LogP contribution in [0.15, 0.2) is 58.7 Å². The van der Waals surface area contributed by atoms with Gasteiger partial charge in [0.1, 0.15) is 11.5 Å². The van der Waals surface area contributed by atoms with Crippen molar-refractivity contribution in [1.29, 1.82) is 0 Å². The lowest BCUT2D eigenvalue weighted by atomic mass is 10.1.